The first-order valence-corrected chi connectivity index (χ1v) is 12.2. The van der Waals surface area contributed by atoms with Gasteiger partial charge in [0.1, 0.15) is 17.4 Å². The van der Waals surface area contributed by atoms with E-state index in [0.717, 1.165) is 40.9 Å². The van der Waals surface area contributed by atoms with E-state index in [0.29, 0.717) is 36.0 Å². The normalized spacial score (nSPS) is 13.4. The number of phenolic OH excluding ortho intramolecular Hbond substituents is 1. The molecular weight excluding hydrogens is 450 g/mol. The number of nitrogens with zero attached hydrogens (tertiary/aromatic N) is 2. The average Bonchev–Trinajstić information content (AvgIpc) is 3.57. The van der Waals surface area contributed by atoms with E-state index in [9.17, 15) is 10.4 Å². The van der Waals surface area contributed by atoms with Gasteiger partial charge in [-0.25, -0.2) is 0 Å². The topological polar surface area (TPSA) is 81.7 Å². The van der Waals surface area contributed by atoms with E-state index in [1.807, 2.05) is 72.8 Å². The van der Waals surface area contributed by atoms with Crippen LogP contribution in [0.1, 0.15) is 29.5 Å². The van der Waals surface area contributed by atoms with Crippen LogP contribution in [-0.4, -0.2) is 30.2 Å². The second-order valence-electron chi connectivity index (χ2n) is 9.00. The Balaban J connectivity index is 1.49. The molecule has 6 nitrogen and oxygen atoms in total. The van der Waals surface area contributed by atoms with Gasteiger partial charge in [-0.2, -0.15) is 5.26 Å². The van der Waals surface area contributed by atoms with Gasteiger partial charge < -0.3 is 19.6 Å². The minimum Gasteiger partial charge on any atom is -0.504 e. The molecule has 0 bridgehead atoms. The SMILES string of the molecule is COc1cc(CNc2oc(-c3ccccc3)c(-c3ccccc3)c2C#N)cc(CN2CCCC2)c1O. The van der Waals surface area contributed by atoms with Crippen molar-refractivity contribution in [3.8, 4) is 40.0 Å². The molecule has 1 aliphatic rings. The molecule has 2 heterocycles. The predicted molar refractivity (Wildman–Crippen MR) is 141 cm³/mol. The summed E-state index contributed by atoms with van der Waals surface area (Å²) >= 11 is 0. The molecule has 0 radical (unpaired) electrons. The minimum absolute atomic E-state index is 0.182. The first kappa shape index (κ1) is 23.5. The van der Waals surface area contributed by atoms with Gasteiger partial charge in [0.2, 0.25) is 5.88 Å². The van der Waals surface area contributed by atoms with E-state index in [2.05, 4.69) is 16.3 Å². The third kappa shape index (κ3) is 4.79. The first-order chi connectivity index (χ1) is 17.7. The van der Waals surface area contributed by atoms with Crippen LogP contribution < -0.4 is 10.1 Å². The number of benzene rings is 3. The molecule has 2 N–H and O–H groups in total. The van der Waals surface area contributed by atoms with Crippen molar-refractivity contribution in [3.63, 3.8) is 0 Å². The summed E-state index contributed by atoms with van der Waals surface area (Å²) in [5.41, 5.74) is 4.82. The van der Waals surface area contributed by atoms with Gasteiger partial charge in [-0.1, -0.05) is 60.7 Å². The summed E-state index contributed by atoms with van der Waals surface area (Å²) in [5, 5.41) is 24.2. The van der Waals surface area contributed by atoms with Gasteiger partial charge in [0.15, 0.2) is 11.5 Å². The molecule has 5 rings (SSSR count). The van der Waals surface area contributed by atoms with E-state index in [-0.39, 0.29) is 5.75 Å². The van der Waals surface area contributed by atoms with Gasteiger partial charge in [0.25, 0.3) is 0 Å². The summed E-state index contributed by atoms with van der Waals surface area (Å²) < 4.78 is 11.7. The van der Waals surface area contributed by atoms with Crippen molar-refractivity contribution in [3.05, 3.63) is 89.5 Å². The van der Waals surface area contributed by atoms with Crippen LogP contribution in [0, 0.1) is 11.3 Å². The molecule has 182 valence electrons. The number of methoxy groups -OCH3 is 1. The van der Waals surface area contributed by atoms with Crippen LogP contribution in [0.25, 0.3) is 22.5 Å². The largest absolute Gasteiger partial charge is 0.504 e. The number of rotatable bonds is 8. The van der Waals surface area contributed by atoms with Crippen molar-refractivity contribution < 1.29 is 14.3 Å². The van der Waals surface area contributed by atoms with Gasteiger partial charge in [0.05, 0.1) is 7.11 Å². The fraction of sp³-hybridized carbons (Fsp3) is 0.233. The molecule has 1 aliphatic heterocycles. The Morgan fingerprint density at radius 1 is 1.00 bits per heavy atom. The summed E-state index contributed by atoms with van der Waals surface area (Å²) in [4.78, 5) is 2.34. The van der Waals surface area contributed by atoms with Crippen LogP contribution in [-0.2, 0) is 13.1 Å². The van der Waals surface area contributed by atoms with E-state index in [1.54, 1.807) is 7.11 Å². The Morgan fingerprint density at radius 2 is 1.67 bits per heavy atom. The van der Waals surface area contributed by atoms with E-state index in [1.165, 1.54) is 12.8 Å². The zero-order chi connectivity index (χ0) is 24.9. The summed E-state index contributed by atoms with van der Waals surface area (Å²) in [6.07, 6.45) is 2.37. The second kappa shape index (κ2) is 10.6. The number of likely N-dealkylation sites (tertiary alicyclic amines) is 1. The molecule has 3 aromatic carbocycles. The zero-order valence-electron chi connectivity index (χ0n) is 20.3. The molecule has 0 unspecified atom stereocenters. The lowest BCUT2D eigenvalue weighted by molar-refractivity contribution is 0.317. The number of nitriles is 1. The van der Waals surface area contributed by atoms with Crippen molar-refractivity contribution in [2.24, 2.45) is 0 Å². The number of anilines is 1. The van der Waals surface area contributed by atoms with Gasteiger partial charge in [-0.05, 0) is 49.2 Å². The highest BCUT2D eigenvalue weighted by molar-refractivity contribution is 5.88. The van der Waals surface area contributed by atoms with Crippen molar-refractivity contribution in [2.75, 3.05) is 25.5 Å². The van der Waals surface area contributed by atoms with Crippen molar-refractivity contribution >= 4 is 5.88 Å². The molecule has 4 aromatic rings. The van der Waals surface area contributed by atoms with Crippen molar-refractivity contribution in [1.82, 2.24) is 4.90 Å². The third-order valence-electron chi connectivity index (χ3n) is 6.60. The second-order valence-corrected chi connectivity index (χ2v) is 9.00. The monoisotopic (exact) mass is 479 g/mol. The average molecular weight is 480 g/mol. The lowest BCUT2D eigenvalue weighted by atomic mass is 9.98. The number of furan rings is 1. The number of hydrogen-bond donors (Lipinski definition) is 2. The van der Waals surface area contributed by atoms with Crippen LogP contribution in [0.3, 0.4) is 0 Å². The lowest BCUT2D eigenvalue weighted by Gasteiger charge is -2.18. The number of ether oxygens (including phenoxy) is 1. The molecule has 36 heavy (non-hydrogen) atoms. The van der Waals surface area contributed by atoms with Gasteiger partial charge in [-0.3, -0.25) is 4.90 Å². The summed E-state index contributed by atoms with van der Waals surface area (Å²) in [6, 6.07) is 25.8. The molecule has 0 spiro atoms. The highest BCUT2D eigenvalue weighted by Gasteiger charge is 2.23. The molecule has 0 atom stereocenters. The maximum Gasteiger partial charge on any atom is 0.212 e. The van der Waals surface area contributed by atoms with Crippen LogP contribution in [0.15, 0.2) is 77.2 Å². The molecule has 1 aromatic heterocycles. The van der Waals surface area contributed by atoms with E-state index in [4.69, 9.17) is 9.15 Å². The van der Waals surface area contributed by atoms with Gasteiger partial charge in [-0.15, -0.1) is 0 Å². The fourth-order valence-corrected chi connectivity index (χ4v) is 4.81. The molecule has 1 fully saturated rings. The maximum absolute atomic E-state index is 10.7. The number of hydrogen-bond acceptors (Lipinski definition) is 6. The third-order valence-corrected chi connectivity index (χ3v) is 6.60. The number of nitrogens with one attached hydrogen (secondary N) is 1. The lowest BCUT2D eigenvalue weighted by Crippen LogP contribution is -2.18. The summed E-state index contributed by atoms with van der Waals surface area (Å²) in [6.45, 7) is 3.16. The van der Waals surface area contributed by atoms with E-state index < -0.39 is 0 Å². The summed E-state index contributed by atoms with van der Waals surface area (Å²) in [5.74, 6) is 1.70. The van der Waals surface area contributed by atoms with Crippen LogP contribution in [0.2, 0.25) is 0 Å². The smallest absolute Gasteiger partial charge is 0.212 e. The Kier molecular flexibility index (Phi) is 6.92. The molecular formula is C30H29N3O3. The van der Waals surface area contributed by atoms with Crippen LogP contribution in [0.4, 0.5) is 5.88 Å². The highest BCUT2D eigenvalue weighted by atomic mass is 16.5. The van der Waals surface area contributed by atoms with Crippen molar-refractivity contribution in [1.29, 1.82) is 5.26 Å². The Hall–Kier alpha value is -4.21. The van der Waals surface area contributed by atoms with Crippen LogP contribution >= 0.6 is 0 Å². The molecule has 6 heteroatoms. The van der Waals surface area contributed by atoms with Crippen LogP contribution in [0.5, 0.6) is 11.5 Å². The first-order valence-electron chi connectivity index (χ1n) is 12.2. The van der Waals surface area contributed by atoms with Gasteiger partial charge >= 0.3 is 0 Å². The fourth-order valence-electron chi connectivity index (χ4n) is 4.81. The highest BCUT2D eigenvalue weighted by Crippen LogP contribution is 2.41. The Labute approximate surface area is 211 Å². The maximum atomic E-state index is 10.7. The number of aromatic hydroxyl groups is 1. The predicted octanol–water partition coefficient (Wildman–Crippen LogP) is 6.41. The van der Waals surface area contributed by atoms with E-state index >= 15 is 0 Å². The minimum atomic E-state index is 0.182. The molecule has 0 amide bonds. The number of phenols is 1. The molecule has 0 saturated carbocycles. The molecule has 1 saturated heterocycles. The standard InChI is InChI=1S/C30H29N3O3/c1-35-26-17-21(16-24(28(26)34)20-33-14-8-9-15-33)19-32-30-25(18-31)27(22-10-4-2-5-11-22)29(36-30)23-12-6-3-7-13-23/h2-7,10-13,16-17,32,34H,8-9,14-15,19-20H2,1H3. The zero-order valence-corrected chi connectivity index (χ0v) is 20.3. The Bertz CT molecular complexity index is 1370. The summed E-state index contributed by atoms with van der Waals surface area (Å²) in [7, 11) is 1.56. The quantitative estimate of drug-likeness (QED) is 0.304. The molecule has 0 aliphatic carbocycles. The van der Waals surface area contributed by atoms with Crippen molar-refractivity contribution in [2.45, 2.75) is 25.9 Å². The Morgan fingerprint density at radius 3 is 2.31 bits per heavy atom. The van der Waals surface area contributed by atoms with Gasteiger partial charge in [0, 0.05) is 29.8 Å².